The lowest BCUT2D eigenvalue weighted by atomic mass is 9.91. The number of piperidine rings is 1. The van der Waals surface area contributed by atoms with Gasteiger partial charge >= 0.3 is 0 Å². The molecule has 3 rings (SSSR count). The van der Waals surface area contributed by atoms with Crippen LogP contribution >= 0.6 is 0 Å². The highest BCUT2D eigenvalue weighted by molar-refractivity contribution is 5.82. The predicted molar refractivity (Wildman–Crippen MR) is 77.6 cm³/mol. The summed E-state index contributed by atoms with van der Waals surface area (Å²) in [7, 11) is 1.64. The Bertz CT molecular complexity index is 594. The Balaban J connectivity index is 1.83. The topological polar surface area (TPSA) is 65.4 Å². The largest absolute Gasteiger partial charge is 0.496 e. The second-order valence-electron chi connectivity index (χ2n) is 5.67. The molecule has 1 aromatic carbocycles. The summed E-state index contributed by atoms with van der Waals surface area (Å²) >= 11 is 0. The molecular formula is C16H19N3O2. The standard InChI is InChI=1S/C16H19N3O2/c1-21-15-5-4-11(8-17)7-12(15)10-19-6-2-3-13-14(19)9-18-16(13)20/h4-5,7,13-14H,2-3,6,9-10H2,1H3,(H,18,20)/t13-,14-/m1/s1. The van der Waals surface area contributed by atoms with Crippen LogP contribution in [0.3, 0.4) is 0 Å². The maximum absolute atomic E-state index is 11.8. The average molecular weight is 285 g/mol. The summed E-state index contributed by atoms with van der Waals surface area (Å²) in [5.74, 6) is 1.10. The Labute approximate surface area is 124 Å². The molecule has 2 atom stereocenters. The smallest absolute Gasteiger partial charge is 0.224 e. The second kappa shape index (κ2) is 5.74. The lowest BCUT2D eigenvalue weighted by Crippen LogP contribution is -2.44. The Hall–Kier alpha value is -2.06. The normalized spacial score (nSPS) is 25.0. The van der Waals surface area contributed by atoms with Gasteiger partial charge in [0.05, 0.1) is 24.7 Å². The van der Waals surface area contributed by atoms with Crippen molar-refractivity contribution in [2.45, 2.75) is 25.4 Å². The first kappa shape index (κ1) is 13.9. The summed E-state index contributed by atoms with van der Waals surface area (Å²) in [6.07, 6.45) is 2.01. The molecule has 5 nitrogen and oxygen atoms in total. The fourth-order valence-electron chi connectivity index (χ4n) is 3.43. The van der Waals surface area contributed by atoms with E-state index in [1.165, 1.54) is 0 Å². The quantitative estimate of drug-likeness (QED) is 0.908. The number of rotatable bonds is 3. The molecule has 2 heterocycles. The monoisotopic (exact) mass is 285 g/mol. The fraction of sp³-hybridized carbons (Fsp3) is 0.500. The van der Waals surface area contributed by atoms with Gasteiger partial charge in [-0.1, -0.05) is 0 Å². The number of methoxy groups -OCH3 is 1. The summed E-state index contributed by atoms with van der Waals surface area (Å²) in [6, 6.07) is 7.92. The molecule has 110 valence electrons. The molecule has 2 aliphatic rings. The minimum absolute atomic E-state index is 0.115. The van der Waals surface area contributed by atoms with Crippen LogP contribution in [0.25, 0.3) is 0 Å². The van der Waals surface area contributed by atoms with E-state index >= 15 is 0 Å². The Morgan fingerprint density at radius 1 is 1.52 bits per heavy atom. The van der Waals surface area contributed by atoms with Crippen molar-refractivity contribution in [3.63, 3.8) is 0 Å². The number of carbonyl (C=O) groups excluding carboxylic acids is 1. The van der Waals surface area contributed by atoms with Crippen LogP contribution in [0.15, 0.2) is 18.2 Å². The molecule has 2 fully saturated rings. The van der Waals surface area contributed by atoms with Gasteiger partial charge < -0.3 is 10.1 Å². The van der Waals surface area contributed by atoms with Gasteiger partial charge in [0.25, 0.3) is 0 Å². The predicted octanol–water partition coefficient (Wildman–Crippen LogP) is 1.28. The maximum atomic E-state index is 11.8. The van der Waals surface area contributed by atoms with Crippen molar-refractivity contribution in [1.82, 2.24) is 10.2 Å². The van der Waals surface area contributed by atoms with Gasteiger partial charge in [0.15, 0.2) is 0 Å². The zero-order valence-electron chi connectivity index (χ0n) is 12.1. The number of hydrogen-bond donors (Lipinski definition) is 1. The van der Waals surface area contributed by atoms with Crippen LogP contribution in [0.4, 0.5) is 0 Å². The van der Waals surface area contributed by atoms with Gasteiger partial charge in [-0.15, -0.1) is 0 Å². The van der Waals surface area contributed by atoms with Gasteiger partial charge in [0, 0.05) is 24.7 Å². The van der Waals surface area contributed by atoms with Gasteiger partial charge in [-0.25, -0.2) is 0 Å². The molecule has 0 aliphatic carbocycles. The van der Waals surface area contributed by atoms with Gasteiger partial charge in [0.2, 0.25) is 5.91 Å². The first-order valence-corrected chi connectivity index (χ1v) is 7.31. The fourth-order valence-corrected chi connectivity index (χ4v) is 3.43. The van der Waals surface area contributed by atoms with Crippen LogP contribution in [-0.2, 0) is 11.3 Å². The zero-order chi connectivity index (χ0) is 14.8. The number of carbonyl (C=O) groups is 1. The van der Waals surface area contributed by atoms with E-state index in [2.05, 4.69) is 16.3 Å². The van der Waals surface area contributed by atoms with Crippen LogP contribution in [-0.4, -0.2) is 37.0 Å². The SMILES string of the molecule is COc1ccc(C#N)cc1CN1CCC[C@H]2C(=O)NC[C@H]21. The van der Waals surface area contributed by atoms with E-state index in [4.69, 9.17) is 10.00 Å². The van der Waals surface area contributed by atoms with Crippen molar-refractivity contribution < 1.29 is 9.53 Å². The van der Waals surface area contributed by atoms with E-state index in [9.17, 15) is 4.79 Å². The van der Waals surface area contributed by atoms with Crippen molar-refractivity contribution in [2.24, 2.45) is 5.92 Å². The van der Waals surface area contributed by atoms with Gasteiger partial charge in [-0.05, 0) is 37.6 Å². The lowest BCUT2D eigenvalue weighted by molar-refractivity contribution is -0.124. The molecule has 5 heteroatoms. The molecule has 1 N–H and O–H groups in total. The van der Waals surface area contributed by atoms with E-state index in [0.717, 1.165) is 43.8 Å². The van der Waals surface area contributed by atoms with Crippen molar-refractivity contribution >= 4 is 5.91 Å². The summed E-state index contributed by atoms with van der Waals surface area (Å²) in [5, 5.41) is 12.0. The van der Waals surface area contributed by atoms with E-state index < -0.39 is 0 Å². The van der Waals surface area contributed by atoms with Gasteiger partial charge in [0.1, 0.15) is 5.75 Å². The minimum atomic E-state index is 0.115. The summed E-state index contributed by atoms with van der Waals surface area (Å²) in [5.41, 5.74) is 1.65. The highest BCUT2D eigenvalue weighted by Gasteiger charge is 2.40. The van der Waals surface area contributed by atoms with E-state index in [1.807, 2.05) is 12.1 Å². The Morgan fingerprint density at radius 3 is 3.14 bits per heavy atom. The molecule has 1 amide bonds. The third-order valence-electron chi connectivity index (χ3n) is 4.50. The number of amides is 1. The van der Waals surface area contributed by atoms with Gasteiger partial charge in [-0.3, -0.25) is 9.69 Å². The third kappa shape index (κ3) is 2.59. The molecule has 0 aromatic heterocycles. The first-order chi connectivity index (χ1) is 10.2. The number of benzene rings is 1. The van der Waals surface area contributed by atoms with E-state index in [1.54, 1.807) is 13.2 Å². The van der Waals surface area contributed by atoms with Crippen molar-refractivity contribution in [3.05, 3.63) is 29.3 Å². The number of nitrogens with zero attached hydrogens (tertiary/aromatic N) is 2. The van der Waals surface area contributed by atoms with Crippen LogP contribution in [0.5, 0.6) is 5.75 Å². The third-order valence-corrected chi connectivity index (χ3v) is 4.50. The first-order valence-electron chi connectivity index (χ1n) is 7.31. The lowest BCUT2D eigenvalue weighted by Gasteiger charge is -2.36. The Kier molecular flexibility index (Phi) is 3.80. The van der Waals surface area contributed by atoms with Crippen molar-refractivity contribution in [1.29, 1.82) is 5.26 Å². The van der Waals surface area contributed by atoms with Crippen LogP contribution in [0, 0.1) is 17.2 Å². The number of hydrogen-bond acceptors (Lipinski definition) is 4. The van der Waals surface area contributed by atoms with Crippen molar-refractivity contribution in [2.75, 3.05) is 20.2 Å². The van der Waals surface area contributed by atoms with Crippen LogP contribution in [0.2, 0.25) is 0 Å². The highest BCUT2D eigenvalue weighted by atomic mass is 16.5. The van der Waals surface area contributed by atoms with E-state index in [0.29, 0.717) is 5.56 Å². The number of likely N-dealkylation sites (tertiary alicyclic amines) is 1. The van der Waals surface area contributed by atoms with Crippen LogP contribution < -0.4 is 10.1 Å². The Morgan fingerprint density at radius 2 is 2.38 bits per heavy atom. The molecular weight excluding hydrogens is 266 g/mol. The minimum Gasteiger partial charge on any atom is -0.496 e. The summed E-state index contributed by atoms with van der Waals surface area (Å²) < 4.78 is 5.40. The number of nitrogens with one attached hydrogen (secondary N) is 1. The molecule has 0 radical (unpaired) electrons. The van der Waals surface area contributed by atoms with Crippen molar-refractivity contribution in [3.8, 4) is 11.8 Å². The molecule has 1 aromatic rings. The summed E-state index contributed by atoms with van der Waals surface area (Å²) in [4.78, 5) is 14.2. The molecule has 2 aliphatic heterocycles. The highest BCUT2D eigenvalue weighted by Crippen LogP contribution is 2.30. The molecule has 0 bridgehead atoms. The molecule has 0 saturated carbocycles. The number of fused-ring (bicyclic) bond motifs is 1. The molecule has 0 spiro atoms. The van der Waals surface area contributed by atoms with Gasteiger partial charge in [-0.2, -0.15) is 5.26 Å². The zero-order valence-corrected chi connectivity index (χ0v) is 12.1. The maximum Gasteiger partial charge on any atom is 0.224 e. The molecule has 21 heavy (non-hydrogen) atoms. The average Bonchev–Trinajstić information content (AvgIpc) is 2.90. The van der Waals surface area contributed by atoms with E-state index in [-0.39, 0.29) is 17.9 Å². The summed E-state index contributed by atoms with van der Waals surface area (Å²) in [6.45, 7) is 2.43. The number of ether oxygens (including phenoxy) is 1. The number of nitriles is 1. The molecule has 2 saturated heterocycles. The van der Waals surface area contributed by atoms with Crippen LogP contribution in [0.1, 0.15) is 24.0 Å². The second-order valence-corrected chi connectivity index (χ2v) is 5.67. The molecule has 0 unspecified atom stereocenters.